The molecule has 1 aromatic heterocycles. The van der Waals surface area contributed by atoms with E-state index < -0.39 is 5.91 Å². The number of nitrogens with zero attached hydrogens (tertiary/aromatic N) is 3. The molecule has 17 heavy (non-hydrogen) atoms. The molecule has 0 unspecified atom stereocenters. The number of hydrogen-bond donors (Lipinski definition) is 1. The average Bonchev–Trinajstić information content (AvgIpc) is 2.59. The van der Waals surface area contributed by atoms with Crippen LogP contribution in [0.5, 0.6) is 0 Å². The van der Waals surface area contributed by atoms with Gasteiger partial charge in [0.2, 0.25) is 5.82 Å². The molecule has 7 heteroatoms. The van der Waals surface area contributed by atoms with Crippen molar-refractivity contribution in [3.05, 3.63) is 39.9 Å². The first kappa shape index (κ1) is 11.9. The highest BCUT2D eigenvalue weighted by Crippen LogP contribution is 2.22. The topological polar surface area (TPSA) is 73.8 Å². The number of benzene rings is 1. The summed E-state index contributed by atoms with van der Waals surface area (Å²) in [4.78, 5) is 14.9. The van der Waals surface area contributed by atoms with Gasteiger partial charge in [-0.1, -0.05) is 23.2 Å². The number of aryl methyl sites for hydroxylation is 1. The lowest BCUT2D eigenvalue weighted by Gasteiger charge is -2.03. The summed E-state index contributed by atoms with van der Waals surface area (Å²) in [7, 11) is 0. The molecule has 0 radical (unpaired) electrons. The summed E-state index contributed by atoms with van der Waals surface area (Å²) in [6.07, 6.45) is 0. The molecule has 2 aromatic rings. The summed E-state index contributed by atoms with van der Waals surface area (Å²) in [6.45, 7) is 1.70. The molecule has 0 aliphatic heterocycles. The molecule has 0 aliphatic carbocycles. The van der Waals surface area contributed by atoms with Gasteiger partial charge >= 0.3 is 0 Å². The molecule has 0 aliphatic rings. The molecular formula is C10H8Cl2N4O. The van der Waals surface area contributed by atoms with Crippen LogP contribution < -0.4 is 5.73 Å². The van der Waals surface area contributed by atoms with Gasteiger partial charge < -0.3 is 5.73 Å². The highest BCUT2D eigenvalue weighted by Gasteiger charge is 2.12. The minimum atomic E-state index is -0.681. The van der Waals surface area contributed by atoms with Crippen molar-refractivity contribution >= 4 is 29.1 Å². The number of halogens is 2. The van der Waals surface area contributed by atoms with Gasteiger partial charge in [-0.15, -0.1) is 5.10 Å². The molecule has 0 saturated heterocycles. The summed E-state index contributed by atoms with van der Waals surface area (Å²) in [5, 5.41) is 4.93. The van der Waals surface area contributed by atoms with Crippen LogP contribution in [0.4, 0.5) is 0 Å². The van der Waals surface area contributed by atoms with Gasteiger partial charge in [-0.3, -0.25) is 4.79 Å². The van der Waals surface area contributed by atoms with E-state index in [0.717, 1.165) is 0 Å². The standard InChI is InChI=1S/C10H8Cl2N4O/c1-5-14-10(9(13)17)15-16(5)8-3-6(11)2-7(12)4-8/h2-4H,1H3,(H2,13,17). The normalized spacial score (nSPS) is 10.5. The molecule has 0 saturated carbocycles. The summed E-state index contributed by atoms with van der Waals surface area (Å²) in [5.41, 5.74) is 5.73. The summed E-state index contributed by atoms with van der Waals surface area (Å²) in [6, 6.07) is 4.94. The molecule has 1 amide bonds. The second-order valence-corrected chi connectivity index (χ2v) is 4.26. The third kappa shape index (κ3) is 2.40. The Morgan fingerprint density at radius 3 is 2.35 bits per heavy atom. The maximum atomic E-state index is 11.0. The van der Waals surface area contributed by atoms with Gasteiger partial charge in [-0.2, -0.15) is 0 Å². The van der Waals surface area contributed by atoms with Crippen LogP contribution in [0.1, 0.15) is 16.4 Å². The van der Waals surface area contributed by atoms with Crippen LogP contribution in [0.15, 0.2) is 18.2 Å². The van der Waals surface area contributed by atoms with Crippen molar-refractivity contribution in [3.63, 3.8) is 0 Å². The Morgan fingerprint density at radius 2 is 1.88 bits per heavy atom. The first-order chi connectivity index (χ1) is 7.97. The average molecular weight is 271 g/mol. The van der Waals surface area contributed by atoms with Gasteiger partial charge in [-0.25, -0.2) is 9.67 Å². The Morgan fingerprint density at radius 1 is 1.29 bits per heavy atom. The van der Waals surface area contributed by atoms with Gasteiger partial charge in [0.15, 0.2) is 0 Å². The van der Waals surface area contributed by atoms with Crippen LogP contribution in [-0.2, 0) is 0 Å². The number of nitrogens with two attached hydrogens (primary N) is 1. The van der Waals surface area contributed by atoms with Crippen LogP contribution in [0, 0.1) is 6.92 Å². The first-order valence-electron chi connectivity index (χ1n) is 4.67. The highest BCUT2D eigenvalue weighted by molar-refractivity contribution is 6.34. The van der Waals surface area contributed by atoms with E-state index in [0.29, 0.717) is 21.6 Å². The quantitative estimate of drug-likeness (QED) is 0.907. The fourth-order valence-corrected chi connectivity index (χ4v) is 1.92. The van der Waals surface area contributed by atoms with E-state index in [4.69, 9.17) is 28.9 Å². The number of primary amides is 1. The fourth-order valence-electron chi connectivity index (χ4n) is 1.40. The SMILES string of the molecule is Cc1nc(C(N)=O)nn1-c1cc(Cl)cc(Cl)c1. The number of hydrogen-bond acceptors (Lipinski definition) is 3. The lowest BCUT2D eigenvalue weighted by atomic mass is 10.3. The van der Waals surface area contributed by atoms with E-state index >= 15 is 0 Å². The van der Waals surface area contributed by atoms with Crippen LogP contribution >= 0.6 is 23.2 Å². The Balaban J connectivity index is 2.56. The predicted molar refractivity (Wildman–Crippen MR) is 64.6 cm³/mol. The minimum Gasteiger partial charge on any atom is -0.363 e. The Hall–Kier alpha value is -1.59. The van der Waals surface area contributed by atoms with E-state index in [-0.39, 0.29) is 5.82 Å². The summed E-state index contributed by atoms with van der Waals surface area (Å²) >= 11 is 11.8. The van der Waals surface area contributed by atoms with Crippen LogP contribution in [0.25, 0.3) is 5.69 Å². The van der Waals surface area contributed by atoms with Gasteiger partial charge in [0, 0.05) is 10.0 Å². The van der Waals surface area contributed by atoms with Crippen molar-refractivity contribution in [3.8, 4) is 5.69 Å². The van der Waals surface area contributed by atoms with Crippen molar-refractivity contribution in [2.24, 2.45) is 5.73 Å². The molecule has 0 bridgehead atoms. The summed E-state index contributed by atoms with van der Waals surface area (Å²) in [5.74, 6) is -0.198. The third-order valence-electron chi connectivity index (χ3n) is 2.08. The largest absolute Gasteiger partial charge is 0.363 e. The zero-order valence-corrected chi connectivity index (χ0v) is 10.3. The predicted octanol–water partition coefficient (Wildman–Crippen LogP) is 1.98. The number of amides is 1. The van der Waals surface area contributed by atoms with Gasteiger partial charge in [-0.05, 0) is 25.1 Å². The van der Waals surface area contributed by atoms with Gasteiger partial charge in [0.05, 0.1) is 5.69 Å². The molecular weight excluding hydrogens is 263 g/mol. The maximum Gasteiger partial charge on any atom is 0.288 e. The molecule has 1 aromatic carbocycles. The summed E-state index contributed by atoms with van der Waals surface area (Å²) < 4.78 is 1.46. The lowest BCUT2D eigenvalue weighted by molar-refractivity contribution is 0.0990. The maximum absolute atomic E-state index is 11.0. The van der Waals surface area contributed by atoms with Crippen molar-refractivity contribution < 1.29 is 4.79 Å². The van der Waals surface area contributed by atoms with Crippen molar-refractivity contribution in [2.45, 2.75) is 6.92 Å². The molecule has 88 valence electrons. The second-order valence-electron chi connectivity index (χ2n) is 3.39. The van der Waals surface area contributed by atoms with Crippen LogP contribution in [0.3, 0.4) is 0 Å². The number of carbonyl (C=O) groups excluding carboxylic acids is 1. The van der Waals surface area contributed by atoms with E-state index in [1.807, 2.05) is 0 Å². The van der Waals surface area contributed by atoms with Crippen molar-refractivity contribution in [2.75, 3.05) is 0 Å². The first-order valence-corrected chi connectivity index (χ1v) is 5.43. The molecule has 2 N–H and O–H groups in total. The van der Waals surface area contributed by atoms with E-state index in [1.54, 1.807) is 25.1 Å². The Kier molecular flexibility index (Phi) is 3.04. The number of aromatic nitrogens is 3. The highest BCUT2D eigenvalue weighted by atomic mass is 35.5. The number of rotatable bonds is 2. The van der Waals surface area contributed by atoms with E-state index in [9.17, 15) is 4.79 Å². The second kappa shape index (κ2) is 4.35. The Labute approximate surface area is 107 Å². The molecule has 0 spiro atoms. The van der Waals surface area contributed by atoms with Crippen LogP contribution in [-0.4, -0.2) is 20.7 Å². The van der Waals surface area contributed by atoms with E-state index in [2.05, 4.69) is 10.1 Å². The fraction of sp³-hybridized carbons (Fsp3) is 0.100. The van der Waals surface area contributed by atoms with Crippen molar-refractivity contribution in [1.29, 1.82) is 0 Å². The lowest BCUT2D eigenvalue weighted by Crippen LogP contribution is -2.13. The van der Waals surface area contributed by atoms with Gasteiger partial charge in [0.1, 0.15) is 5.82 Å². The minimum absolute atomic E-state index is 0.0430. The molecule has 5 nitrogen and oxygen atoms in total. The van der Waals surface area contributed by atoms with Crippen LogP contribution in [0.2, 0.25) is 10.0 Å². The Bertz CT molecular complexity index is 574. The smallest absolute Gasteiger partial charge is 0.288 e. The number of carbonyl (C=O) groups is 1. The molecule has 0 fully saturated rings. The monoisotopic (exact) mass is 270 g/mol. The molecule has 1 heterocycles. The van der Waals surface area contributed by atoms with Crippen molar-refractivity contribution in [1.82, 2.24) is 14.8 Å². The van der Waals surface area contributed by atoms with Gasteiger partial charge in [0.25, 0.3) is 5.91 Å². The zero-order chi connectivity index (χ0) is 12.6. The zero-order valence-electron chi connectivity index (χ0n) is 8.82. The third-order valence-corrected chi connectivity index (χ3v) is 2.52. The van der Waals surface area contributed by atoms with E-state index in [1.165, 1.54) is 4.68 Å². The molecule has 2 rings (SSSR count). The molecule has 0 atom stereocenters.